The summed E-state index contributed by atoms with van der Waals surface area (Å²) < 4.78 is 12.1. The van der Waals surface area contributed by atoms with Crippen molar-refractivity contribution in [3.8, 4) is 0 Å². The van der Waals surface area contributed by atoms with Gasteiger partial charge in [-0.3, -0.25) is 14.4 Å². The Labute approximate surface area is 152 Å². The molecule has 1 aliphatic rings. The van der Waals surface area contributed by atoms with Crippen LogP contribution in [0.4, 0.5) is 0 Å². The van der Waals surface area contributed by atoms with Crippen molar-refractivity contribution < 1.29 is 14.1 Å². The Morgan fingerprint density at radius 1 is 1.23 bits per heavy atom. The largest absolute Gasteiger partial charge is 0.377 e. The van der Waals surface area contributed by atoms with Gasteiger partial charge in [0, 0.05) is 51.6 Å². The van der Waals surface area contributed by atoms with Gasteiger partial charge in [0.2, 0.25) is 11.8 Å². The van der Waals surface area contributed by atoms with E-state index >= 15 is 0 Å². The second kappa shape index (κ2) is 7.96. The molecule has 1 fully saturated rings. The molecule has 142 valence electrons. The molecule has 9 heteroatoms. The van der Waals surface area contributed by atoms with Gasteiger partial charge < -0.3 is 14.2 Å². The minimum absolute atomic E-state index is 0.157. The number of rotatable bonds is 6. The number of amides is 1. The lowest BCUT2D eigenvalue weighted by Crippen LogP contribution is -2.48. The summed E-state index contributed by atoms with van der Waals surface area (Å²) in [6.07, 6.45) is 0.412. The molecule has 0 N–H and O–H groups in total. The number of hydrogen-bond acceptors (Lipinski definition) is 7. The molecule has 2 aromatic heterocycles. The molecule has 0 bridgehead atoms. The first-order valence-electron chi connectivity index (χ1n) is 8.77. The van der Waals surface area contributed by atoms with Gasteiger partial charge in [0.25, 0.3) is 0 Å². The van der Waals surface area contributed by atoms with Crippen molar-refractivity contribution >= 4 is 5.91 Å². The van der Waals surface area contributed by atoms with Gasteiger partial charge >= 0.3 is 0 Å². The lowest BCUT2D eigenvalue weighted by atomic mass is 10.1. The fraction of sp³-hybridized carbons (Fsp3) is 0.647. The first kappa shape index (κ1) is 18.5. The van der Waals surface area contributed by atoms with E-state index in [2.05, 4.69) is 20.1 Å². The van der Waals surface area contributed by atoms with Crippen molar-refractivity contribution in [2.45, 2.75) is 33.4 Å². The number of methoxy groups -OCH3 is 1. The summed E-state index contributed by atoms with van der Waals surface area (Å²) in [6, 6.07) is 0. The average molecular weight is 362 g/mol. The minimum Gasteiger partial charge on any atom is -0.377 e. The maximum atomic E-state index is 12.6. The van der Waals surface area contributed by atoms with Crippen LogP contribution in [0.2, 0.25) is 0 Å². The van der Waals surface area contributed by atoms with E-state index in [0.29, 0.717) is 44.4 Å². The highest BCUT2D eigenvalue weighted by Gasteiger charge is 2.24. The summed E-state index contributed by atoms with van der Waals surface area (Å²) in [5.74, 6) is 1.29. The second-order valence-electron chi connectivity index (χ2n) is 6.64. The molecule has 26 heavy (non-hydrogen) atoms. The van der Waals surface area contributed by atoms with Crippen molar-refractivity contribution in [1.29, 1.82) is 0 Å². The predicted octanol–water partition coefficient (Wildman–Crippen LogP) is 0.453. The first-order chi connectivity index (χ1) is 12.5. The molecule has 0 unspecified atom stereocenters. The number of carbonyl (C=O) groups excluding carboxylic acids is 1. The zero-order valence-electron chi connectivity index (χ0n) is 15.9. The van der Waals surface area contributed by atoms with Crippen LogP contribution in [0.25, 0.3) is 0 Å². The zero-order chi connectivity index (χ0) is 18.7. The van der Waals surface area contributed by atoms with Gasteiger partial charge in [-0.25, -0.2) is 0 Å². The molecule has 3 rings (SSSR count). The van der Waals surface area contributed by atoms with Gasteiger partial charge in [-0.2, -0.15) is 10.1 Å². The Bertz CT molecular complexity index is 761. The summed E-state index contributed by atoms with van der Waals surface area (Å²) >= 11 is 0. The fourth-order valence-corrected chi connectivity index (χ4v) is 3.23. The van der Waals surface area contributed by atoms with E-state index in [9.17, 15) is 4.79 Å². The smallest absolute Gasteiger partial charge is 0.240 e. The standard InChI is InChI=1S/C17H26N6O3/c1-12-14(13(2)21(3)19-12)9-17(24)23-7-5-22(6-8-23)10-16-18-15(11-25-4)20-26-16/h5-11H2,1-4H3. The van der Waals surface area contributed by atoms with Crippen LogP contribution < -0.4 is 0 Å². The summed E-state index contributed by atoms with van der Waals surface area (Å²) in [7, 11) is 3.51. The number of nitrogens with zero attached hydrogens (tertiary/aromatic N) is 6. The molecular weight excluding hydrogens is 336 g/mol. The van der Waals surface area contributed by atoms with Crippen LogP contribution in [-0.2, 0) is 36.2 Å². The number of hydrogen-bond donors (Lipinski definition) is 0. The third-order valence-corrected chi connectivity index (χ3v) is 4.85. The predicted molar refractivity (Wildman–Crippen MR) is 93.3 cm³/mol. The number of piperazine rings is 1. The fourth-order valence-electron chi connectivity index (χ4n) is 3.23. The highest BCUT2D eigenvalue weighted by Crippen LogP contribution is 2.15. The SMILES string of the molecule is COCc1noc(CN2CCN(C(=O)Cc3c(C)nn(C)c3C)CC2)n1. The van der Waals surface area contributed by atoms with E-state index in [1.54, 1.807) is 7.11 Å². The lowest BCUT2D eigenvalue weighted by molar-refractivity contribution is -0.132. The highest BCUT2D eigenvalue weighted by molar-refractivity contribution is 5.79. The van der Waals surface area contributed by atoms with Crippen LogP contribution in [0.5, 0.6) is 0 Å². The van der Waals surface area contributed by atoms with Crippen molar-refractivity contribution in [2.24, 2.45) is 7.05 Å². The first-order valence-corrected chi connectivity index (χ1v) is 8.77. The van der Waals surface area contributed by atoms with E-state index in [4.69, 9.17) is 9.26 Å². The molecule has 2 aromatic rings. The molecule has 0 aromatic carbocycles. The molecule has 0 radical (unpaired) electrons. The summed E-state index contributed by atoms with van der Waals surface area (Å²) in [5.41, 5.74) is 3.02. The minimum atomic E-state index is 0.157. The zero-order valence-corrected chi connectivity index (χ0v) is 15.9. The van der Waals surface area contributed by atoms with Gasteiger partial charge in [-0.15, -0.1) is 0 Å². The summed E-state index contributed by atoms with van der Waals surface area (Å²) in [6.45, 7) is 7.89. The van der Waals surface area contributed by atoms with E-state index in [1.807, 2.05) is 30.5 Å². The highest BCUT2D eigenvalue weighted by atomic mass is 16.5. The van der Waals surface area contributed by atoms with Gasteiger partial charge in [0.1, 0.15) is 6.61 Å². The molecule has 0 saturated carbocycles. The summed E-state index contributed by atoms with van der Waals surface area (Å²) in [4.78, 5) is 21.1. The molecule has 0 spiro atoms. The van der Waals surface area contributed by atoms with Crippen LogP contribution in [0.3, 0.4) is 0 Å². The number of aryl methyl sites for hydroxylation is 2. The van der Waals surface area contributed by atoms with E-state index in [1.165, 1.54) is 0 Å². The number of carbonyl (C=O) groups is 1. The van der Waals surface area contributed by atoms with Crippen LogP contribution in [0, 0.1) is 13.8 Å². The van der Waals surface area contributed by atoms with Crippen LogP contribution >= 0.6 is 0 Å². The third-order valence-electron chi connectivity index (χ3n) is 4.85. The normalized spacial score (nSPS) is 15.6. The molecule has 1 amide bonds. The molecule has 9 nitrogen and oxygen atoms in total. The molecule has 1 saturated heterocycles. The average Bonchev–Trinajstić information content (AvgIpc) is 3.15. The monoisotopic (exact) mass is 362 g/mol. The van der Waals surface area contributed by atoms with E-state index in [-0.39, 0.29) is 5.91 Å². The van der Waals surface area contributed by atoms with Crippen molar-refractivity contribution in [2.75, 3.05) is 33.3 Å². The number of aromatic nitrogens is 4. The summed E-state index contributed by atoms with van der Waals surface area (Å²) in [5, 5.41) is 8.26. The van der Waals surface area contributed by atoms with Crippen LogP contribution in [0.15, 0.2) is 4.52 Å². The Kier molecular flexibility index (Phi) is 5.67. The Morgan fingerprint density at radius 2 is 1.96 bits per heavy atom. The van der Waals surface area contributed by atoms with Gasteiger partial charge in [0.15, 0.2) is 5.82 Å². The van der Waals surface area contributed by atoms with Gasteiger partial charge in [0.05, 0.1) is 18.7 Å². The van der Waals surface area contributed by atoms with Gasteiger partial charge in [-0.05, 0) is 13.8 Å². The molecule has 0 atom stereocenters. The second-order valence-corrected chi connectivity index (χ2v) is 6.64. The lowest BCUT2D eigenvalue weighted by Gasteiger charge is -2.34. The Balaban J connectivity index is 1.50. The third kappa shape index (κ3) is 4.10. The maximum absolute atomic E-state index is 12.6. The maximum Gasteiger partial charge on any atom is 0.240 e. The van der Waals surface area contributed by atoms with Crippen molar-refractivity contribution in [3.05, 3.63) is 28.7 Å². The van der Waals surface area contributed by atoms with Gasteiger partial charge in [-0.1, -0.05) is 5.16 Å². The molecule has 0 aliphatic carbocycles. The van der Waals surface area contributed by atoms with Crippen molar-refractivity contribution in [1.82, 2.24) is 29.7 Å². The molecule has 1 aliphatic heterocycles. The molecule has 3 heterocycles. The van der Waals surface area contributed by atoms with Crippen LogP contribution in [0.1, 0.15) is 28.7 Å². The van der Waals surface area contributed by atoms with E-state index in [0.717, 1.165) is 30.0 Å². The Morgan fingerprint density at radius 3 is 2.58 bits per heavy atom. The number of ether oxygens (including phenoxy) is 1. The Hall–Kier alpha value is -2.26. The quantitative estimate of drug-likeness (QED) is 0.737. The van der Waals surface area contributed by atoms with Crippen LogP contribution in [-0.4, -0.2) is 68.9 Å². The topological polar surface area (TPSA) is 89.5 Å². The van der Waals surface area contributed by atoms with Crippen molar-refractivity contribution in [3.63, 3.8) is 0 Å². The molecular formula is C17H26N6O3. The van der Waals surface area contributed by atoms with E-state index < -0.39 is 0 Å².